The quantitative estimate of drug-likeness (QED) is 0.189. The summed E-state index contributed by atoms with van der Waals surface area (Å²) in [6.07, 6.45) is 15.5. The molecule has 34 heavy (non-hydrogen) atoms. The van der Waals surface area contributed by atoms with Crippen molar-refractivity contribution < 1.29 is 0 Å². The van der Waals surface area contributed by atoms with Crippen molar-refractivity contribution in [2.75, 3.05) is 0 Å². The van der Waals surface area contributed by atoms with E-state index >= 15 is 0 Å². The van der Waals surface area contributed by atoms with Crippen LogP contribution in [0.2, 0.25) is 22.2 Å². The van der Waals surface area contributed by atoms with Crippen molar-refractivity contribution in [3.63, 3.8) is 0 Å². The molecule has 0 radical (unpaired) electrons. The largest absolute Gasteiger partial charge is 0.243 e. The molecule has 0 unspecified atom stereocenters. The standard InChI is InChI=1S/C24H44Cl6Si4/c25-31(26,21-13-5-1-6-14-21)34(24-19-11-4-12-20-24,32(27,28)22-15-7-2-8-16-22)33(29,30)23-17-9-3-10-18-23/h21-24H,1-20H2. The molecule has 0 heterocycles. The third-order valence-corrected chi connectivity index (χ3v) is 96.8. The smallest absolute Gasteiger partial charge is 0.150 e. The van der Waals surface area contributed by atoms with Gasteiger partial charge >= 0.3 is 0 Å². The van der Waals surface area contributed by atoms with Gasteiger partial charge in [0.15, 0.2) is 0 Å². The van der Waals surface area contributed by atoms with Crippen LogP contribution in [0.3, 0.4) is 0 Å². The van der Waals surface area contributed by atoms with Gasteiger partial charge in [-0.15, -0.1) is 66.5 Å². The van der Waals surface area contributed by atoms with E-state index in [2.05, 4.69) is 0 Å². The fourth-order valence-electron chi connectivity index (χ4n) is 8.38. The summed E-state index contributed by atoms with van der Waals surface area (Å²) in [6, 6.07) is 0. The third kappa shape index (κ3) is 5.33. The maximum absolute atomic E-state index is 8.08. The zero-order chi connectivity index (χ0) is 24.5. The van der Waals surface area contributed by atoms with Gasteiger partial charge in [0.2, 0.25) is 18.6 Å². The van der Waals surface area contributed by atoms with Crippen LogP contribution in [-0.2, 0) is 0 Å². The third-order valence-electron chi connectivity index (χ3n) is 10.1. The molecule has 4 fully saturated rings. The number of rotatable bonds is 7. The predicted octanol–water partition coefficient (Wildman–Crippen LogP) is 11.8. The average molecular weight is 658 g/mol. The van der Waals surface area contributed by atoms with Crippen LogP contribution < -0.4 is 0 Å². The molecule has 4 rings (SSSR count). The lowest BCUT2D eigenvalue weighted by molar-refractivity contribution is 0.485. The van der Waals surface area contributed by atoms with E-state index in [9.17, 15) is 0 Å². The minimum Gasteiger partial charge on any atom is -0.150 e. The summed E-state index contributed by atoms with van der Waals surface area (Å²) in [7, 11) is 0. The fourth-order valence-corrected chi connectivity index (χ4v) is 137. The number of hydrogen-bond acceptors (Lipinski definition) is 0. The van der Waals surface area contributed by atoms with Gasteiger partial charge in [-0.2, -0.15) is 0 Å². The highest BCUT2D eigenvalue weighted by Crippen LogP contribution is 2.67. The molecule has 4 saturated carbocycles. The minimum absolute atomic E-state index is 0.388. The highest BCUT2D eigenvalue weighted by atomic mass is 35.7. The Kier molecular flexibility index (Phi) is 10.8. The fraction of sp³-hybridized carbons (Fsp3) is 1.00. The van der Waals surface area contributed by atoms with Gasteiger partial charge in [0.25, 0.3) is 0 Å². The second-order valence-corrected chi connectivity index (χ2v) is 57.5. The van der Waals surface area contributed by atoms with Gasteiger partial charge in [-0.25, -0.2) is 0 Å². The Bertz CT molecular complexity index is 578. The highest BCUT2D eigenvalue weighted by molar-refractivity contribution is 8.17. The van der Waals surface area contributed by atoms with Crippen molar-refractivity contribution in [3.05, 3.63) is 0 Å². The minimum atomic E-state index is -2.93. The van der Waals surface area contributed by atoms with Crippen molar-refractivity contribution in [1.29, 1.82) is 0 Å². The van der Waals surface area contributed by atoms with Crippen molar-refractivity contribution in [2.45, 2.75) is 151 Å². The SMILES string of the molecule is Cl[Si](Cl)(C1CCCCC1)[Si](C1CCCCC1)([Si](Cl)(Cl)C1CCCCC1)[Si](Cl)(Cl)C1CCCCC1. The predicted molar refractivity (Wildman–Crippen MR) is 165 cm³/mol. The van der Waals surface area contributed by atoms with Gasteiger partial charge in [0, 0.05) is 0 Å². The first-order valence-corrected chi connectivity index (χ1v) is 31.7. The molecular weight excluding hydrogens is 613 g/mol. The van der Waals surface area contributed by atoms with Gasteiger partial charge in [0.05, 0.1) is 0 Å². The molecule has 0 atom stereocenters. The molecule has 0 aromatic rings. The van der Waals surface area contributed by atoms with E-state index in [-0.39, 0.29) is 0 Å². The summed E-state index contributed by atoms with van der Waals surface area (Å²) in [5.74, 6) is 0. The van der Waals surface area contributed by atoms with Crippen LogP contribution in [0, 0.1) is 0 Å². The molecule has 0 spiro atoms. The summed E-state index contributed by atoms with van der Waals surface area (Å²) in [6.45, 7) is -2.83. The second-order valence-electron chi connectivity index (χ2n) is 12.0. The molecule has 0 bridgehead atoms. The molecule has 0 aromatic carbocycles. The molecule has 4 aliphatic carbocycles. The molecule has 0 saturated heterocycles. The van der Waals surface area contributed by atoms with Crippen molar-refractivity contribution in [1.82, 2.24) is 0 Å². The first-order valence-electron chi connectivity index (χ1n) is 14.3. The van der Waals surface area contributed by atoms with Crippen LogP contribution in [-0.4, -0.2) is 25.3 Å². The molecule has 0 aromatic heterocycles. The summed E-state index contributed by atoms with van der Waals surface area (Å²) in [5.41, 5.74) is 1.62. The second kappa shape index (κ2) is 12.4. The summed E-state index contributed by atoms with van der Waals surface area (Å²) < 4.78 is 0. The topological polar surface area (TPSA) is 0 Å². The number of halogens is 6. The van der Waals surface area contributed by atoms with Crippen LogP contribution in [0.5, 0.6) is 0 Å². The molecule has 4 aliphatic rings. The van der Waals surface area contributed by atoms with E-state index in [1.165, 1.54) is 89.9 Å². The van der Waals surface area contributed by atoms with E-state index < -0.39 is 25.3 Å². The van der Waals surface area contributed by atoms with Crippen LogP contribution >= 0.6 is 66.5 Å². The van der Waals surface area contributed by atoms with Gasteiger partial charge in [0.1, 0.15) is 6.63 Å². The molecule has 10 heteroatoms. The maximum atomic E-state index is 8.08. The lowest BCUT2D eigenvalue weighted by atomic mass is 10.0. The van der Waals surface area contributed by atoms with Crippen LogP contribution in [0.15, 0.2) is 0 Å². The normalized spacial score (nSPS) is 26.6. The van der Waals surface area contributed by atoms with Gasteiger partial charge in [-0.05, 0) is 22.2 Å². The summed E-state index contributed by atoms with van der Waals surface area (Å²) >= 11 is 48.5. The molecule has 198 valence electrons. The van der Waals surface area contributed by atoms with Crippen LogP contribution in [0.4, 0.5) is 0 Å². The van der Waals surface area contributed by atoms with Crippen LogP contribution in [0.25, 0.3) is 0 Å². The molecule has 0 N–H and O–H groups in total. The molecule has 0 aliphatic heterocycles. The van der Waals surface area contributed by atoms with E-state index in [0.717, 1.165) is 38.5 Å². The first kappa shape index (κ1) is 29.6. The van der Waals surface area contributed by atoms with Crippen molar-refractivity contribution in [3.8, 4) is 0 Å². The molecular formula is C24H44Cl6Si4. The van der Waals surface area contributed by atoms with Gasteiger partial charge in [-0.3, -0.25) is 0 Å². The Morgan fingerprint density at radius 1 is 0.294 bits per heavy atom. The Morgan fingerprint density at radius 3 is 0.735 bits per heavy atom. The van der Waals surface area contributed by atoms with Crippen LogP contribution in [0.1, 0.15) is 128 Å². The molecule has 0 amide bonds. The zero-order valence-corrected chi connectivity index (χ0v) is 29.3. The Labute approximate surface area is 240 Å². The zero-order valence-electron chi connectivity index (χ0n) is 20.7. The summed E-state index contributed by atoms with van der Waals surface area (Å²) in [4.78, 5) is 0. The van der Waals surface area contributed by atoms with Crippen molar-refractivity contribution >= 4 is 91.7 Å². The maximum Gasteiger partial charge on any atom is 0.243 e. The van der Waals surface area contributed by atoms with Gasteiger partial charge in [-0.1, -0.05) is 128 Å². The average Bonchev–Trinajstić information content (AvgIpc) is 2.86. The van der Waals surface area contributed by atoms with E-state index in [4.69, 9.17) is 66.5 Å². The lowest BCUT2D eigenvalue weighted by Crippen LogP contribution is -2.85. The molecule has 0 nitrogen and oxygen atoms in total. The Hall–Kier alpha value is 2.61. The lowest BCUT2D eigenvalue weighted by Gasteiger charge is -2.61. The Balaban J connectivity index is 1.91. The van der Waals surface area contributed by atoms with E-state index in [1.807, 2.05) is 0 Å². The van der Waals surface area contributed by atoms with E-state index in [1.54, 1.807) is 0 Å². The highest BCUT2D eigenvalue weighted by Gasteiger charge is 2.82. The first-order chi connectivity index (χ1) is 16.2. The number of hydrogen-bond donors (Lipinski definition) is 0. The van der Waals surface area contributed by atoms with Crippen molar-refractivity contribution in [2.24, 2.45) is 0 Å². The van der Waals surface area contributed by atoms with Gasteiger partial charge < -0.3 is 0 Å². The Morgan fingerprint density at radius 2 is 0.500 bits per heavy atom. The monoisotopic (exact) mass is 654 g/mol. The summed E-state index contributed by atoms with van der Waals surface area (Å²) in [5, 5.41) is 0. The van der Waals surface area contributed by atoms with E-state index in [0.29, 0.717) is 22.2 Å².